The average molecular weight is 293 g/mol. The van der Waals surface area contributed by atoms with Gasteiger partial charge in [-0.2, -0.15) is 0 Å². The molecule has 0 aromatic heterocycles. The van der Waals surface area contributed by atoms with Crippen LogP contribution >= 0.6 is 0 Å². The van der Waals surface area contributed by atoms with Crippen LogP contribution in [0.3, 0.4) is 0 Å². The molecule has 1 heterocycles. The lowest BCUT2D eigenvalue weighted by Gasteiger charge is -2.26. The van der Waals surface area contributed by atoms with E-state index in [2.05, 4.69) is 22.5 Å². The van der Waals surface area contributed by atoms with E-state index in [9.17, 15) is 0 Å². The molecule has 120 valence electrons. The zero-order valence-electron chi connectivity index (χ0n) is 13.4. The first-order valence-electron chi connectivity index (χ1n) is 9.02. The molecule has 3 aliphatic rings. The molecule has 3 rings (SSSR count). The monoisotopic (exact) mass is 293 g/mol. The van der Waals surface area contributed by atoms with Gasteiger partial charge in [0.15, 0.2) is 5.96 Å². The Kier molecular flexibility index (Phi) is 5.39. The summed E-state index contributed by atoms with van der Waals surface area (Å²) in [4.78, 5) is 4.63. The Morgan fingerprint density at radius 1 is 1.05 bits per heavy atom. The molecule has 1 saturated heterocycles. The second-order valence-corrected chi connectivity index (χ2v) is 6.90. The van der Waals surface area contributed by atoms with Crippen molar-refractivity contribution >= 4 is 5.96 Å². The summed E-state index contributed by atoms with van der Waals surface area (Å²) in [5.74, 6) is 2.92. The summed E-state index contributed by atoms with van der Waals surface area (Å²) in [5.41, 5.74) is 0. The molecule has 2 unspecified atom stereocenters. The lowest BCUT2D eigenvalue weighted by molar-refractivity contribution is 0.0822. The van der Waals surface area contributed by atoms with Crippen LogP contribution < -0.4 is 10.6 Å². The molecule has 2 N–H and O–H groups in total. The summed E-state index contributed by atoms with van der Waals surface area (Å²) in [6, 6.07) is 1.20. The summed E-state index contributed by atoms with van der Waals surface area (Å²) in [6.07, 6.45) is 10.8. The Morgan fingerprint density at radius 3 is 2.52 bits per heavy atom. The zero-order chi connectivity index (χ0) is 14.5. The van der Waals surface area contributed by atoms with E-state index in [-0.39, 0.29) is 0 Å². The molecule has 0 aromatic rings. The smallest absolute Gasteiger partial charge is 0.191 e. The van der Waals surface area contributed by atoms with E-state index in [1.807, 2.05) is 0 Å². The maximum Gasteiger partial charge on any atom is 0.191 e. The highest BCUT2D eigenvalue weighted by Crippen LogP contribution is 2.44. The summed E-state index contributed by atoms with van der Waals surface area (Å²) in [7, 11) is 0. The minimum absolute atomic E-state index is 0.531. The van der Waals surface area contributed by atoms with E-state index in [0.29, 0.717) is 12.1 Å². The molecule has 4 nitrogen and oxygen atoms in total. The highest BCUT2D eigenvalue weighted by Gasteiger charge is 2.43. The lowest BCUT2D eigenvalue weighted by atomic mass is 9.85. The molecule has 2 atom stereocenters. The van der Waals surface area contributed by atoms with E-state index in [1.165, 1.54) is 38.5 Å². The SMILES string of the molecule is CCN=C(NC1CCOCC1)NC1CC1C1CCCCC1. The van der Waals surface area contributed by atoms with Crippen molar-refractivity contribution in [2.45, 2.75) is 70.4 Å². The van der Waals surface area contributed by atoms with E-state index < -0.39 is 0 Å². The van der Waals surface area contributed by atoms with Crippen LogP contribution in [0.1, 0.15) is 58.3 Å². The van der Waals surface area contributed by atoms with Gasteiger partial charge in [0.05, 0.1) is 0 Å². The standard InChI is InChI=1S/C17H31N3O/c1-2-18-17(19-14-8-10-21-11-9-14)20-16-12-15(16)13-6-4-3-5-7-13/h13-16H,2-12H2,1H3,(H2,18,19,20). The molecule has 3 fully saturated rings. The third-order valence-electron chi connectivity index (χ3n) is 5.30. The first-order chi connectivity index (χ1) is 10.4. The number of ether oxygens (including phenoxy) is 1. The van der Waals surface area contributed by atoms with Crippen LogP contribution in [0.2, 0.25) is 0 Å². The molecule has 0 amide bonds. The van der Waals surface area contributed by atoms with Gasteiger partial charge >= 0.3 is 0 Å². The second kappa shape index (κ2) is 7.48. The van der Waals surface area contributed by atoms with Crippen LogP contribution in [0.25, 0.3) is 0 Å². The van der Waals surface area contributed by atoms with Crippen molar-refractivity contribution in [2.24, 2.45) is 16.8 Å². The van der Waals surface area contributed by atoms with Gasteiger partial charge in [-0.1, -0.05) is 32.1 Å². The van der Waals surface area contributed by atoms with Crippen LogP contribution in [0.4, 0.5) is 0 Å². The first kappa shape index (κ1) is 15.1. The lowest BCUT2D eigenvalue weighted by Crippen LogP contribution is -2.47. The first-order valence-corrected chi connectivity index (χ1v) is 9.02. The highest BCUT2D eigenvalue weighted by molar-refractivity contribution is 5.80. The van der Waals surface area contributed by atoms with E-state index >= 15 is 0 Å². The molecule has 21 heavy (non-hydrogen) atoms. The second-order valence-electron chi connectivity index (χ2n) is 6.90. The van der Waals surface area contributed by atoms with Crippen molar-refractivity contribution in [1.82, 2.24) is 10.6 Å². The Labute approximate surface area is 129 Å². The van der Waals surface area contributed by atoms with Crippen molar-refractivity contribution < 1.29 is 4.74 Å². The van der Waals surface area contributed by atoms with Crippen molar-refractivity contribution in [2.75, 3.05) is 19.8 Å². The summed E-state index contributed by atoms with van der Waals surface area (Å²) < 4.78 is 5.43. The number of hydrogen-bond acceptors (Lipinski definition) is 2. The maximum absolute atomic E-state index is 5.43. The minimum Gasteiger partial charge on any atom is -0.381 e. The van der Waals surface area contributed by atoms with Crippen molar-refractivity contribution in [3.63, 3.8) is 0 Å². The van der Waals surface area contributed by atoms with E-state index in [0.717, 1.165) is 50.4 Å². The van der Waals surface area contributed by atoms with Gasteiger partial charge < -0.3 is 15.4 Å². The molecule has 0 aromatic carbocycles. The van der Waals surface area contributed by atoms with Crippen LogP contribution in [0.5, 0.6) is 0 Å². The topological polar surface area (TPSA) is 45.7 Å². The van der Waals surface area contributed by atoms with Gasteiger partial charge in [-0.25, -0.2) is 0 Å². The molecule has 1 aliphatic heterocycles. The van der Waals surface area contributed by atoms with Crippen molar-refractivity contribution in [3.8, 4) is 0 Å². The number of nitrogens with zero attached hydrogens (tertiary/aromatic N) is 1. The number of rotatable bonds is 4. The number of aliphatic imine (C=N–C) groups is 1. The summed E-state index contributed by atoms with van der Waals surface area (Å²) >= 11 is 0. The summed E-state index contributed by atoms with van der Waals surface area (Å²) in [6.45, 7) is 4.72. The van der Waals surface area contributed by atoms with Crippen LogP contribution in [0, 0.1) is 11.8 Å². The number of nitrogens with one attached hydrogen (secondary N) is 2. The molecule has 2 aliphatic carbocycles. The quantitative estimate of drug-likeness (QED) is 0.619. The Balaban J connectivity index is 1.46. The Morgan fingerprint density at radius 2 is 1.81 bits per heavy atom. The molecular formula is C17H31N3O. The van der Waals surface area contributed by atoms with Crippen molar-refractivity contribution in [1.29, 1.82) is 0 Å². The van der Waals surface area contributed by atoms with Gasteiger partial charge in [0, 0.05) is 31.8 Å². The average Bonchev–Trinajstić information content (AvgIpc) is 3.29. The van der Waals surface area contributed by atoms with Gasteiger partial charge in [0.2, 0.25) is 0 Å². The predicted octanol–water partition coefficient (Wildman–Crippen LogP) is 2.69. The van der Waals surface area contributed by atoms with Gasteiger partial charge in [0.1, 0.15) is 0 Å². The zero-order valence-corrected chi connectivity index (χ0v) is 13.4. The fourth-order valence-corrected chi connectivity index (χ4v) is 3.97. The molecule has 0 radical (unpaired) electrons. The third-order valence-corrected chi connectivity index (χ3v) is 5.30. The fourth-order valence-electron chi connectivity index (χ4n) is 3.97. The normalized spacial score (nSPS) is 32.0. The number of guanidine groups is 1. The maximum atomic E-state index is 5.43. The van der Waals surface area contributed by atoms with Gasteiger partial charge in [-0.3, -0.25) is 4.99 Å². The summed E-state index contributed by atoms with van der Waals surface area (Å²) in [5, 5.41) is 7.30. The third kappa shape index (κ3) is 4.35. The molecular weight excluding hydrogens is 262 g/mol. The van der Waals surface area contributed by atoms with Crippen LogP contribution in [0.15, 0.2) is 4.99 Å². The number of hydrogen-bond donors (Lipinski definition) is 2. The van der Waals surface area contributed by atoms with Gasteiger partial charge in [-0.05, 0) is 38.0 Å². The largest absolute Gasteiger partial charge is 0.381 e. The predicted molar refractivity (Wildman–Crippen MR) is 86.6 cm³/mol. The van der Waals surface area contributed by atoms with Gasteiger partial charge in [-0.15, -0.1) is 0 Å². The van der Waals surface area contributed by atoms with Gasteiger partial charge in [0.25, 0.3) is 0 Å². The molecule has 2 saturated carbocycles. The van der Waals surface area contributed by atoms with E-state index in [1.54, 1.807) is 0 Å². The van der Waals surface area contributed by atoms with Crippen LogP contribution in [-0.2, 0) is 4.74 Å². The fraction of sp³-hybridized carbons (Fsp3) is 0.941. The molecule has 0 spiro atoms. The Bertz CT molecular complexity index is 346. The molecule has 0 bridgehead atoms. The minimum atomic E-state index is 0.531. The van der Waals surface area contributed by atoms with E-state index in [4.69, 9.17) is 4.74 Å². The molecule has 4 heteroatoms. The Hall–Kier alpha value is -0.770. The van der Waals surface area contributed by atoms with Crippen LogP contribution in [-0.4, -0.2) is 37.8 Å². The highest BCUT2D eigenvalue weighted by atomic mass is 16.5. The van der Waals surface area contributed by atoms with Crippen molar-refractivity contribution in [3.05, 3.63) is 0 Å².